The van der Waals surface area contributed by atoms with Crippen molar-refractivity contribution in [3.8, 4) is 11.5 Å². The molecule has 0 atom stereocenters. The highest BCUT2D eigenvalue weighted by Gasteiger charge is 2.11. The Morgan fingerprint density at radius 2 is 1.94 bits per heavy atom. The van der Waals surface area contributed by atoms with Crippen molar-refractivity contribution < 1.29 is 9.47 Å². The molecule has 4 heteroatoms. The molecule has 0 aliphatic rings. The second-order valence-corrected chi connectivity index (χ2v) is 5.24. The van der Waals surface area contributed by atoms with Gasteiger partial charge in [0.15, 0.2) is 11.5 Å². The molecule has 0 unspecified atom stereocenters. The van der Waals surface area contributed by atoms with Gasteiger partial charge in [-0.1, -0.05) is 29.8 Å². The first-order valence-corrected chi connectivity index (χ1v) is 6.49. The van der Waals surface area contributed by atoms with Crippen molar-refractivity contribution in [3.05, 3.63) is 22.2 Å². The quantitative estimate of drug-likeness (QED) is 0.875. The zero-order valence-electron chi connectivity index (χ0n) is 10.8. The molecular formula is C13H20BrNO2. The lowest BCUT2D eigenvalue weighted by Crippen LogP contribution is -2.19. The van der Waals surface area contributed by atoms with E-state index in [4.69, 9.17) is 9.47 Å². The Morgan fingerprint density at radius 1 is 1.24 bits per heavy atom. The summed E-state index contributed by atoms with van der Waals surface area (Å²) in [7, 11) is 3.31. The summed E-state index contributed by atoms with van der Waals surface area (Å²) in [6, 6.07) is 3.96. The van der Waals surface area contributed by atoms with Gasteiger partial charge in [0.25, 0.3) is 0 Å². The third-order valence-electron chi connectivity index (χ3n) is 2.39. The van der Waals surface area contributed by atoms with Crippen LogP contribution in [-0.2, 0) is 6.54 Å². The van der Waals surface area contributed by atoms with Gasteiger partial charge in [-0.05, 0) is 24.6 Å². The number of hydrogen-bond donors (Lipinski definition) is 1. The van der Waals surface area contributed by atoms with Gasteiger partial charge in [-0.3, -0.25) is 0 Å². The molecule has 1 rings (SSSR count). The first-order chi connectivity index (χ1) is 8.08. The predicted octanol–water partition coefficient (Wildman–Crippen LogP) is 3.21. The van der Waals surface area contributed by atoms with Crippen LogP contribution in [0.25, 0.3) is 0 Å². The summed E-state index contributed by atoms with van der Waals surface area (Å²) in [4.78, 5) is 0. The Morgan fingerprint density at radius 3 is 2.47 bits per heavy atom. The highest BCUT2D eigenvalue weighted by Crippen LogP contribution is 2.34. The zero-order chi connectivity index (χ0) is 12.8. The molecule has 17 heavy (non-hydrogen) atoms. The molecule has 0 aliphatic carbocycles. The molecule has 0 saturated heterocycles. The Hall–Kier alpha value is -0.740. The molecule has 1 aromatic carbocycles. The predicted molar refractivity (Wildman–Crippen MR) is 73.8 cm³/mol. The number of benzene rings is 1. The van der Waals surface area contributed by atoms with Crippen molar-refractivity contribution in [2.45, 2.75) is 20.4 Å². The standard InChI is InChI=1S/C13H20BrNO2/c1-9(2)7-15-8-10-5-11(14)6-12(16-3)13(10)17-4/h5-6,9,15H,7-8H2,1-4H3. The van der Waals surface area contributed by atoms with Crippen LogP contribution in [-0.4, -0.2) is 20.8 Å². The smallest absolute Gasteiger partial charge is 0.165 e. The van der Waals surface area contributed by atoms with Gasteiger partial charge in [-0.25, -0.2) is 0 Å². The first kappa shape index (κ1) is 14.3. The maximum Gasteiger partial charge on any atom is 0.165 e. The zero-order valence-corrected chi connectivity index (χ0v) is 12.4. The molecule has 0 aromatic heterocycles. The Bertz CT molecular complexity index is 367. The molecular weight excluding hydrogens is 282 g/mol. The molecule has 1 N–H and O–H groups in total. The van der Waals surface area contributed by atoms with Crippen LogP contribution in [0.1, 0.15) is 19.4 Å². The molecule has 0 fully saturated rings. The van der Waals surface area contributed by atoms with E-state index in [-0.39, 0.29) is 0 Å². The largest absolute Gasteiger partial charge is 0.493 e. The topological polar surface area (TPSA) is 30.5 Å². The number of hydrogen-bond acceptors (Lipinski definition) is 3. The van der Waals surface area contributed by atoms with Gasteiger partial charge in [-0.2, -0.15) is 0 Å². The SMILES string of the molecule is COc1cc(Br)cc(CNCC(C)C)c1OC. The third kappa shape index (κ3) is 4.21. The lowest BCUT2D eigenvalue weighted by Gasteiger charge is -2.14. The van der Waals surface area contributed by atoms with Crippen LogP contribution in [0.2, 0.25) is 0 Å². The van der Waals surface area contributed by atoms with E-state index in [1.54, 1.807) is 14.2 Å². The van der Waals surface area contributed by atoms with Crippen molar-refractivity contribution in [2.24, 2.45) is 5.92 Å². The molecule has 3 nitrogen and oxygen atoms in total. The van der Waals surface area contributed by atoms with E-state index < -0.39 is 0 Å². The molecule has 0 heterocycles. The van der Waals surface area contributed by atoms with Gasteiger partial charge in [0.05, 0.1) is 14.2 Å². The van der Waals surface area contributed by atoms with Gasteiger partial charge in [0.1, 0.15) is 0 Å². The van der Waals surface area contributed by atoms with E-state index in [0.29, 0.717) is 5.92 Å². The van der Waals surface area contributed by atoms with Crippen molar-refractivity contribution in [3.63, 3.8) is 0 Å². The lowest BCUT2D eigenvalue weighted by molar-refractivity contribution is 0.350. The van der Waals surface area contributed by atoms with Crippen molar-refractivity contribution in [1.29, 1.82) is 0 Å². The Kier molecular flexibility index (Phi) is 5.78. The fourth-order valence-electron chi connectivity index (χ4n) is 1.63. The summed E-state index contributed by atoms with van der Waals surface area (Å²) in [5, 5.41) is 3.40. The van der Waals surface area contributed by atoms with Crippen molar-refractivity contribution in [2.75, 3.05) is 20.8 Å². The van der Waals surface area contributed by atoms with E-state index in [9.17, 15) is 0 Å². The summed E-state index contributed by atoms with van der Waals surface area (Å²) in [5.74, 6) is 2.19. The highest BCUT2D eigenvalue weighted by atomic mass is 79.9. The van der Waals surface area contributed by atoms with Gasteiger partial charge < -0.3 is 14.8 Å². The average molecular weight is 302 g/mol. The van der Waals surface area contributed by atoms with E-state index in [1.165, 1.54) is 0 Å². The van der Waals surface area contributed by atoms with Gasteiger partial charge in [0, 0.05) is 16.6 Å². The number of ether oxygens (including phenoxy) is 2. The van der Waals surface area contributed by atoms with Crippen LogP contribution in [0.3, 0.4) is 0 Å². The number of methoxy groups -OCH3 is 2. The molecule has 96 valence electrons. The van der Waals surface area contributed by atoms with Crippen LogP contribution >= 0.6 is 15.9 Å². The summed E-state index contributed by atoms with van der Waals surface area (Å²) >= 11 is 3.47. The first-order valence-electron chi connectivity index (χ1n) is 5.69. The Labute approximate surface area is 112 Å². The second-order valence-electron chi connectivity index (χ2n) is 4.33. The van der Waals surface area contributed by atoms with Gasteiger partial charge in [0.2, 0.25) is 0 Å². The third-order valence-corrected chi connectivity index (χ3v) is 2.85. The monoisotopic (exact) mass is 301 g/mol. The van der Waals surface area contributed by atoms with Crippen molar-refractivity contribution >= 4 is 15.9 Å². The maximum atomic E-state index is 5.39. The second kappa shape index (κ2) is 6.87. The lowest BCUT2D eigenvalue weighted by atomic mass is 10.1. The van der Waals surface area contributed by atoms with E-state index >= 15 is 0 Å². The van der Waals surface area contributed by atoms with Crippen LogP contribution < -0.4 is 14.8 Å². The summed E-state index contributed by atoms with van der Waals surface area (Å²) in [6.45, 7) is 6.13. The molecule has 0 aliphatic heterocycles. The number of halogens is 1. The van der Waals surface area contributed by atoms with E-state index in [0.717, 1.165) is 34.6 Å². The van der Waals surface area contributed by atoms with Crippen LogP contribution in [0, 0.1) is 5.92 Å². The van der Waals surface area contributed by atoms with Crippen LogP contribution in [0.4, 0.5) is 0 Å². The summed E-state index contributed by atoms with van der Waals surface area (Å²) in [6.07, 6.45) is 0. The van der Waals surface area contributed by atoms with Gasteiger partial charge >= 0.3 is 0 Å². The summed E-state index contributed by atoms with van der Waals surface area (Å²) in [5.41, 5.74) is 1.10. The van der Waals surface area contributed by atoms with Crippen LogP contribution in [0.15, 0.2) is 16.6 Å². The number of nitrogens with one attached hydrogen (secondary N) is 1. The van der Waals surface area contributed by atoms with Gasteiger partial charge in [-0.15, -0.1) is 0 Å². The maximum absolute atomic E-state index is 5.39. The van der Waals surface area contributed by atoms with Crippen molar-refractivity contribution in [1.82, 2.24) is 5.32 Å². The van der Waals surface area contributed by atoms with E-state index in [1.807, 2.05) is 6.07 Å². The summed E-state index contributed by atoms with van der Waals surface area (Å²) < 4.78 is 11.7. The normalized spacial score (nSPS) is 10.7. The molecule has 0 spiro atoms. The number of rotatable bonds is 6. The molecule has 0 amide bonds. The average Bonchev–Trinajstić information content (AvgIpc) is 2.27. The minimum absolute atomic E-state index is 0.634. The van der Waals surface area contributed by atoms with Crippen LogP contribution in [0.5, 0.6) is 11.5 Å². The molecule has 1 aromatic rings. The van der Waals surface area contributed by atoms with E-state index in [2.05, 4.69) is 41.2 Å². The molecule has 0 bridgehead atoms. The minimum Gasteiger partial charge on any atom is -0.493 e. The fraction of sp³-hybridized carbons (Fsp3) is 0.538. The fourth-order valence-corrected chi connectivity index (χ4v) is 2.12. The molecule has 0 saturated carbocycles. The highest BCUT2D eigenvalue weighted by molar-refractivity contribution is 9.10. The minimum atomic E-state index is 0.634. The Balaban J connectivity index is 2.85. The molecule has 0 radical (unpaired) electrons.